The number of rotatable bonds is 4. The minimum absolute atomic E-state index is 0.287. The average Bonchev–Trinajstić information content (AvgIpc) is 2.42. The number of ether oxygens (including phenoxy) is 1. The predicted octanol–water partition coefficient (Wildman–Crippen LogP) is 3.03. The summed E-state index contributed by atoms with van der Waals surface area (Å²) in [5.74, 6) is 0.272. The van der Waals surface area contributed by atoms with Crippen LogP contribution in [-0.2, 0) is 6.54 Å². The quantitative estimate of drug-likeness (QED) is 0.639. The van der Waals surface area contributed by atoms with Crippen LogP contribution in [0, 0.1) is 9.39 Å². The average molecular weight is 373 g/mol. The first-order valence-corrected chi connectivity index (χ1v) is 6.65. The van der Waals surface area contributed by atoms with E-state index in [9.17, 15) is 4.39 Å². The molecule has 0 bridgehead atoms. The Morgan fingerprint density at radius 3 is 2.84 bits per heavy atom. The van der Waals surface area contributed by atoms with E-state index in [0.29, 0.717) is 27.4 Å². The smallest absolute Gasteiger partial charge is 0.212 e. The van der Waals surface area contributed by atoms with E-state index >= 15 is 0 Å². The zero-order valence-electron chi connectivity index (χ0n) is 10.3. The van der Waals surface area contributed by atoms with Crippen molar-refractivity contribution in [3.63, 3.8) is 0 Å². The van der Waals surface area contributed by atoms with Crippen LogP contribution in [0.4, 0.5) is 15.8 Å². The third kappa shape index (κ3) is 3.46. The largest absolute Gasteiger partial charge is 0.481 e. The molecule has 0 aliphatic carbocycles. The van der Waals surface area contributed by atoms with E-state index in [1.165, 1.54) is 6.07 Å². The first kappa shape index (κ1) is 13.9. The van der Waals surface area contributed by atoms with E-state index in [2.05, 4.69) is 10.3 Å². The van der Waals surface area contributed by atoms with Crippen LogP contribution in [0.1, 0.15) is 5.56 Å². The van der Waals surface area contributed by atoms with Crippen LogP contribution in [0.2, 0.25) is 0 Å². The molecule has 0 unspecified atom stereocenters. The molecule has 1 aromatic carbocycles. The summed E-state index contributed by atoms with van der Waals surface area (Å²) in [6, 6.07) is 6.66. The number of pyridine rings is 1. The van der Waals surface area contributed by atoms with Crippen molar-refractivity contribution in [3.8, 4) is 5.88 Å². The van der Waals surface area contributed by atoms with Crippen LogP contribution in [-0.4, -0.2) is 12.1 Å². The molecule has 6 heteroatoms. The summed E-state index contributed by atoms with van der Waals surface area (Å²) in [7, 11) is 1.56. The molecular weight excluding hydrogens is 360 g/mol. The molecule has 0 radical (unpaired) electrons. The molecule has 4 nitrogen and oxygen atoms in total. The van der Waals surface area contributed by atoms with Crippen molar-refractivity contribution in [2.24, 2.45) is 0 Å². The van der Waals surface area contributed by atoms with Crippen molar-refractivity contribution in [3.05, 3.63) is 45.4 Å². The van der Waals surface area contributed by atoms with Crippen LogP contribution in [0.15, 0.2) is 30.5 Å². The minimum Gasteiger partial charge on any atom is -0.481 e. The van der Waals surface area contributed by atoms with Gasteiger partial charge < -0.3 is 15.8 Å². The van der Waals surface area contributed by atoms with E-state index in [4.69, 9.17) is 10.5 Å². The SMILES string of the molecule is COc1ccc(CNc2cc(F)c(I)cc2N)cn1. The monoisotopic (exact) mass is 373 g/mol. The molecule has 1 aromatic heterocycles. The standard InChI is InChI=1S/C13H13FIN3O/c1-19-13-3-2-8(7-18-13)6-17-12-4-9(14)10(15)5-11(12)16/h2-5,7,17H,6,16H2,1H3. The Labute approximate surface area is 124 Å². The molecule has 1 heterocycles. The molecule has 0 fully saturated rings. The van der Waals surface area contributed by atoms with Crippen molar-refractivity contribution in [1.82, 2.24) is 4.98 Å². The Hall–Kier alpha value is -1.57. The van der Waals surface area contributed by atoms with Gasteiger partial charge in [0.2, 0.25) is 5.88 Å². The van der Waals surface area contributed by atoms with Gasteiger partial charge in [-0.05, 0) is 34.2 Å². The van der Waals surface area contributed by atoms with Crippen molar-refractivity contribution in [2.75, 3.05) is 18.2 Å². The van der Waals surface area contributed by atoms with Gasteiger partial charge in [0.25, 0.3) is 0 Å². The summed E-state index contributed by atoms with van der Waals surface area (Å²) >= 11 is 1.91. The first-order chi connectivity index (χ1) is 9.10. The van der Waals surface area contributed by atoms with E-state index in [1.807, 2.05) is 28.7 Å². The number of aromatic nitrogens is 1. The lowest BCUT2D eigenvalue weighted by Crippen LogP contribution is -2.04. The van der Waals surface area contributed by atoms with Gasteiger partial charge in [0, 0.05) is 24.9 Å². The fourth-order valence-corrected chi connectivity index (χ4v) is 2.04. The maximum Gasteiger partial charge on any atom is 0.212 e. The zero-order chi connectivity index (χ0) is 13.8. The summed E-state index contributed by atoms with van der Waals surface area (Å²) in [5, 5.41) is 3.09. The number of nitrogen functional groups attached to an aromatic ring is 1. The molecule has 2 rings (SSSR count). The number of nitrogens with zero attached hydrogens (tertiary/aromatic N) is 1. The van der Waals surface area contributed by atoms with Crippen molar-refractivity contribution >= 4 is 34.0 Å². The van der Waals surface area contributed by atoms with Gasteiger partial charge in [0.05, 0.1) is 22.1 Å². The molecule has 0 aliphatic heterocycles. The lowest BCUT2D eigenvalue weighted by molar-refractivity contribution is 0.397. The molecular formula is C13H13FIN3O. The first-order valence-electron chi connectivity index (χ1n) is 5.57. The highest BCUT2D eigenvalue weighted by molar-refractivity contribution is 14.1. The van der Waals surface area contributed by atoms with Gasteiger partial charge in [-0.2, -0.15) is 0 Å². The van der Waals surface area contributed by atoms with E-state index in [1.54, 1.807) is 25.4 Å². The van der Waals surface area contributed by atoms with Crippen LogP contribution in [0.3, 0.4) is 0 Å². The number of nitrogens with one attached hydrogen (secondary N) is 1. The van der Waals surface area contributed by atoms with Gasteiger partial charge in [-0.1, -0.05) is 6.07 Å². The second-order valence-corrected chi connectivity index (χ2v) is 5.08. The van der Waals surface area contributed by atoms with Gasteiger partial charge in [-0.25, -0.2) is 9.37 Å². The second kappa shape index (κ2) is 6.05. The zero-order valence-corrected chi connectivity index (χ0v) is 12.4. The van der Waals surface area contributed by atoms with E-state index in [-0.39, 0.29) is 5.82 Å². The number of anilines is 2. The molecule has 0 spiro atoms. The molecule has 100 valence electrons. The Bertz CT molecular complexity index is 575. The third-order valence-electron chi connectivity index (χ3n) is 2.58. The molecule has 0 saturated heterocycles. The molecule has 0 aliphatic rings. The van der Waals surface area contributed by atoms with Crippen molar-refractivity contribution in [1.29, 1.82) is 0 Å². The third-order valence-corrected chi connectivity index (χ3v) is 3.41. The highest BCUT2D eigenvalue weighted by Gasteiger charge is 2.05. The van der Waals surface area contributed by atoms with E-state index in [0.717, 1.165) is 5.56 Å². The number of methoxy groups -OCH3 is 1. The lowest BCUT2D eigenvalue weighted by atomic mass is 10.2. The maximum atomic E-state index is 13.5. The minimum atomic E-state index is -0.287. The summed E-state index contributed by atoms with van der Waals surface area (Å²) in [6.45, 7) is 0.515. The van der Waals surface area contributed by atoms with Gasteiger partial charge in [-0.3, -0.25) is 0 Å². The number of benzene rings is 1. The summed E-state index contributed by atoms with van der Waals surface area (Å²) in [5.41, 5.74) is 7.89. The molecule has 0 atom stereocenters. The number of halogens is 2. The number of hydrogen-bond acceptors (Lipinski definition) is 4. The number of nitrogens with two attached hydrogens (primary N) is 1. The van der Waals surface area contributed by atoms with Crippen LogP contribution in [0.25, 0.3) is 0 Å². The van der Waals surface area contributed by atoms with Crippen LogP contribution >= 0.6 is 22.6 Å². The van der Waals surface area contributed by atoms with Crippen LogP contribution in [0.5, 0.6) is 5.88 Å². The highest BCUT2D eigenvalue weighted by Crippen LogP contribution is 2.24. The molecule has 2 aromatic rings. The predicted molar refractivity (Wildman–Crippen MR) is 81.6 cm³/mol. The number of hydrogen-bond donors (Lipinski definition) is 2. The van der Waals surface area contributed by atoms with Gasteiger partial charge >= 0.3 is 0 Å². The topological polar surface area (TPSA) is 60.2 Å². The molecule has 19 heavy (non-hydrogen) atoms. The Balaban J connectivity index is 2.07. The summed E-state index contributed by atoms with van der Waals surface area (Å²) < 4.78 is 18.9. The van der Waals surface area contributed by atoms with Crippen molar-refractivity contribution < 1.29 is 9.13 Å². The highest BCUT2D eigenvalue weighted by atomic mass is 127. The summed E-state index contributed by atoms with van der Waals surface area (Å²) in [6.07, 6.45) is 1.70. The van der Waals surface area contributed by atoms with Gasteiger partial charge in [-0.15, -0.1) is 0 Å². The maximum absolute atomic E-state index is 13.5. The second-order valence-electron chi connectivity index (χ2n) is 3.92. The molecule has 3 N–H and O–H groups in total. The van der Waals surface area contributed by atoms with Gasteiger partial charge in [0.1, 0.15) is 5.82 Å². The lowest BCUT2D eigenvalue weighted by Gasteiger charge is -2.10. The van der Waals surface area contributed by atoms with Gasteiger partial charge in [0.15, 0.2) is 0 Å². The fourth-order valence-electron chi connectivity index (χ4n) is 1.55. The fraction of sp³-hybridized carbons (Fsp3) is 0.154. The summed E-state index contributed by atoms with van der Waals surface area (Å²) in [4.78, 5) is 4.09. The molecule has 0 amide bonds. The Morgan fingerprint density at radius 1 is 1.42 bits per heavy atom. The Kier molecular flexibility index (Phi) is 4.41. The van der Waals surface area contributed by atoms with Crippen LogP contribution < -0.4 is 15.8 Å². The molecule has 0 saturated carbocycles. The normalized spacial score (nSPS) is 10.3. The van der Waals surface area contributed by atoms with E-state index < -0.39 is 0 Å². The van der Waals surface area contributed by atoms with Crippen molar-refractivity contribution in [2.45, 2.75) is 6.54 Å². The Morgan fingerprint density at radius 2 is 2.21 bits per heavy atom.